The first kappa shape index (κ1) is 23.3. The van der Waals surface area contributed by atoms with Gasteiger partial charge in [-0.2, -0.15) is 18.2 Å². The van der Waals surface area contributed by atoms with Gasteiger partial charge in [0, 0.05) is 49.2 Å². The zero-order valence-corrected chi connectivity index (χ0v) is 18.8. The number of piperazine rings is 1. The van der Waals surface area contributed by atoms with Gasteiger partial charge in [-0.3, -0.25) is 4.79 Å². The molecule has 0 radical (unpaired) electrons. The van der Waals surface area contributed by atoms with Crippen LogP contribution in [0.3, 0.4) is 0 Å². The quantitative estimate of drug-likeness (QED) is 0.590. The third kappa shape index (κ3) is 5.38. The molecule has 1 saturated heterocycles. The van der Waals surface area contributed by atoms with Gasteiger partial charge in [0.05, 0.1) is 12.7 Å². The van der Waals surface area contributed by atoms with Crippen molar-refractivity contribution in [3.63, 3.8) is 0 Å². The van der Waals surface area contributed by atoms with E-state index in [1.54, 1.807) is 12.0 Å². The fourth-order valence-electron chi connectivity index (χ4n) is 3.67. The Balaban J connectivity index is 1.40. The third-order valence-electron chi connectivity index (χ3n) is 5.51. The molecule has 0 atom stereocenters. The molecule has 0 aliphatic carbocycles. The van der Waals surface area contributed by atoms with Crippen molar-refractivity contribution in [2.75, 3.05) is 43.5 Å². The van der Waals surface area contributed by atoms with Crippen molar-refractivity contribution in [1.82, 2.24) is 14.9 Å². The number of nitrogens with zero attached hydrogens (tertiary/aromatic N) is 4. The SMILES string of the molecule is COc1ccc(Nc2cc(C)nc(N3CCN(C(=O)c4ccc(C(F)(F)F)cc4)CC3)n2)cc1. The molecule has 0 unspecified atom stereocenters. The second-order valence-electron chi connectivity index (χ2n) is 7.90. The number of aryl methyl sites for hydroxylation is 1. The summed E-state index contributed by atoms with van der Waals surface area (Å²) in [6, 6.07) is 13.6. The molecule has 1 N–H and O–H groups in total. The van der Waals surface area contributed by atoms with Crippen molar-refractivity contribution in [3.8, 4) is 5.75 Å². The number of benzene rings is 2. The molecule has 3 aromatic rings. The van der Waals surface area contributed by atoms with Crippen LogP contribution in [0, 0.1) is 6.92 Å². The number of amides is 1. The van der Waals surface area contributed by atoms with Crippen LogP contribution in [-0.2, 0) is 6.18 Å². The lowest BCUT2D eigenvalue weighted by Gasteiger charge is -2.35. The average molecular weight is 471 g/mol. The number of hydrogen-bond donors (Lipinski definition) is 1. The van der Waals surface area contributed by atoms with Crippen molar-refractivity contribution in [1.29, 1.82) is 0 Å². The summed E-state index contributed by atoms with van der Waals surface area (Å²) in [6.07, 6.45) is -4.43. The molecule has 34 heavy (non-hydrogen) atoms. The van der Waals surface area contributed by atoms with Crippen molar-refractivity contribution >= 4 is 23.4 Å². The van der Waals surface area contributed by atoms with Crippen LogP contribution < -0.4 is 15.0 Å². The van der Waals surface area contributed by atoms with Crippen LogP contribution in [0.15, 0.2) is 54.6 Å². The molecule has 178 valence electrons. The van der Waals surface area contributed by atoms with Gasteiger partial charge in [0.25, 0.3) is 5.91 Å². The Bertz CT molecular complexity index is 1140. The van der Waals surface area contributed by atoms with Crippen LogP contribution >= 0.6 is 0 Å². The highest BCUT2D eigenvalue weighted by Crippen LogP contribution is 2.29. The molecule has 2 heterocycles. The monoisotopic (exact) mass is 471 g/mol. The van der Waals surface area contributed by atoms with Gasteiger partial charge < -0.3 is 19.9 Å². The number of hydrogen-bond acceptors (Lipinski definition) is 6. The Morgan fingerprint density at radius 3 is 2.21 bits per heavy atom. The molecular formula is C24H24F3N5O2. The van der Waals surface area contributed by atoms with E-state index >= 15 is 0 Å². The normalized spacial score (nSPS) is 14.1. The van der Waals surface area contributed by atoms with E-state index in [9.17, 15) is 18.0 Å². The average Bonchev–Trinajstić information content (AvgIpc) is 2.83. The second-order valence-corrected chi connectivity index (χ2v) is 7.90. The summed E-state index contributed by atoms with van der Waals surface area (Å²) in [6.45, 7) is 3.74. The zero-order valence-electron chi connectivity index (χ0n) is 18.8. The molecule has 0 saturated carbocycles. The van der Waals surface area contributed by atoms with Crippen LogP contribution in [-0.4, -0.2) is 54.1 Å². The molecule has 2 aromatic carbocycles. The number of nitrogens with one attached hydrogen (secondary N) is 1. The maximum absolute atomic E-state index is 12.8. The molecule has 1 fully saturated rings. The minimum absolute atomic E-state index is 0.235. The number of carbonyl (C=O) groups is 1. The first-order valence-electron chi connectivity index (χ1n) is 10.7. The fourth-order valence-corrected chi connectivity index (χ4v) is 3.67. The Hall–Kier alpha value is -3.82. The highest BCUT2D eigenvalue weighted by atomic mass is 19.4. The molecule has 1 aliphatic rings. The van der Waals surface area contributed by atoms with E-state index in [-0.39, 0.29) is 11.5 Å². The van der Waals surface area contributed by atoms with Crippen molar-refractivity contribution in [2.45, 2.75) is 13.1 Å². The summed E-state index contributed by atoms with van der Waals surface area (Å²) in [4.78, 5) is 25.5. The summed E-state index contributed by atoms with van der Waals surface area (Å²) in [5.74, 6) is 1.67. The van der Waals surface area contributed by atoms with Gasteiger partial charge in [0.1, 0.15) is 11.6 Å². The van der Waals surface area contributed by atoms with Crippen LogP contribution in [0.25, 0.3) is 0 Å². The lowest BCUT2D eigenvalue weighted by atomic mass is 10.1. The van der Waals surface area contributed by atoms with E-state index in [1.807, 2.05) is 42.2 Å². The van der Waals surface area contributed by atoms with E-state index in [1.165, 1.54) is 12.1 Å². The molecule has 7 nitrogen and oxygen atoms in total. The first-order chi connectivity index (χ1) is 16.2. The molecule has 1 aliphatic heterocycles. The highest BCUT2D eigenvalue weighted by Gasteiger charge is 2.31. The van der Waals surface area contributed by atoms with Gasteiger partial charge in [-0.25, -0.2) is 4.98 Å². The van der Waals surface area contributed by atoms with Gasteiger partial charge in [-0.1, -0.05) is 0 Å². The van der Waals surface area contributed by atoms with Gasteiger partial charge >= 0.3 is 6.18 Å². The van der Waals surface area contributed by atoms with Crippen molar-refractivity contribution in [3.05, 3.63) is 71.4 Å². The number of rotatable bonds is 5. The smallest absolute Gasteiger partial charge is 0.416 e. The van der Waals surface area contributed by atoms with Crippen molar-refractivity contribution < 1.29 is 22.7 Å². The van der Waals surface area contributed by atoms with Crippen molar-refractivity contribution in [2.24, 2.45) is 0 Å². The number of anilines is 3. The summed E-state index contributed by atoms with van der Waals surface area (Å²) in [7, 11) is 1.61. The minimum Gasteiger partial charge on any atom is -0.497 e. The molecule has 10 heteroatoms. The van der Waals surface area contributed by atoms with Crippen LogP contribution in [0.1, 0.15) is 21.6 Å². The summed E-state index contributed by atoms with van der Waals surface area (Å²) in [5.41, 5.74) is 1.12. The maximum Gasteiger partial charge on any atom is 0.416 e. The first-order valence-corrected chi connectivity index (χ1v) is 10.7. The summed E-state index contributed by atoms with van der Waals surface area (Å²) < 4.78 is 43.5. The molecule has 1 aromatic heterocycles. The van der Waals surface area contributed by atoms with E-state index in [0.717, 1.165) is 29.3 Å². The molecule has 4 rings (SSSR count). The number of carbonyl (C=O) groups excluding carboxylic acids is 1. The topological polar surface area (TPSA) is 70.6 Å². The van der Waals surface area contributed by atoms with E-state index < -0.39 is 11.7 Å². The summed E-state index contributed by atoms with van der Waals surface area (Å²) >= 11 is 0. The summed E-state index contributed by atoms with van der Waals surface area (Å²) in [5, 5.41) is 3.26. The standard InChI is InChI=1S/C24H24F3N5O2/c1-16-15-21(29-19-7-9-20(34-2)10-8-19)30-23(28-16)32-13-11-31(12-14-32)22(33)17-3-5-18(6-4-17)24(25,26)27/h3-10,15H,11-14H2,1-2H3,(H,28,29,30). The zero-order chi connectivity index (χ0) is 24.3. The Kier molecular flexibility index (Phi) is 6.58. The predicted octanol–water partition coefficient (Wildman–Crippen LogP) is 4.52. The lowest BCUT2D eigenvalue weighted by molar-refractivity contribution is -0.137. The maximum atomic E-state index is 12.8. The molecule has 1 amide bonds. The third-order valence-corrected chi connectivity index (χ3v) is 5.51. The highest BCUT2D eigenvalue weighted by molar-refractivity contribution is 5.94. The second kappa shape index (κ2) is 9.58. The Morgan fingerprint density at radius 1 is 0.971 bits per heavy atom. The predicted molar refractivity (Wildman–Crippen MR) is 123 cm³/mol. The molecule has 0 bridgehead atoms. The number of halogens is 3. The van der Waals surface area contributed by atoms with Crippen LogP contribution in [0.5, 0.6) is 5.75 Å². The van der Waals surface area contributed by atoms with E-state index in [4.69, 9.17) is 4.74 Å². The van der Waals surface area contributed by atoms with E-state index in [2.05, 4.69) is 15.3 Å². The lowest BCUT2D eigenvalue weighted by Crippen LogP contribution is -2.49. The largest absolute Gasteiger partial charge is 0.497 e. The van der Waals surface area contributed by atoms with Crippen LogP contribution in [0.2, 0.25) is 0 Å². The van der Waals surface area contributed by atoms with Gasteiger partial charge in [0.15, 0.2) is 0 Å². The number of methoxy groups -OCH3 is 1. The number of alkyl halides is 3. The fraction of sp³-hybridized carbons (Fsp3) is 0.292. The van der Waals surface area contributed by atoms with Gasteiger partial charge in [-0.05, 0) is 55.5 Å². The Morgan fingerprint density at radius 2 is 1.62 bits per heavy atom. The van der Waals surface area contributed by atoms with Gasteiger partial charge in [0.2, 0.25) is 5.95 Å². The van der Waals surface area contributed by atoms with E-state index in [0.29, 0.717) is 37.9 Å². The number of aromatic nitrogens is 2. The van der Waals surface area contributed by atoms with Crippen LogP contribution in [0.4, 0.5) is 30.6 Å². The molecular weight excluding hydrogens is 447 g/mol. The Labute approximate surface area is 195 Å². The van der Waals surface area contributed by atoms with Gasteiger partial charge in [-0.15, -0.1) is 0 Å². The number of ether oxygens (including phenoxy) is 1. The minimum atomic E-state index is -4.43. The molecule has 0 spiro atoms.